The van der Waals surface area contributed by atoms with Crippen molar-refractivity contribution in [2.75, 3.05) is 0 Å². The molecule has 0 unspecified atom stereocenters. The van der Waals surface area contributed by atoms with E-state index in [1.807, 2.05) is 21.1 Å². The van der Waals surface area contributed by atoms with E-state index in [9.17, 15) is 0 Å². The summed E-state index contributed by atoms with van der Waals surface area (Å²) >= 11 is 7.38. The number of hydrogen-bond acceptors (Lipinski definition) is 1. The van der Waals surface area contributed by atoms with Crippen molar-refractivity contribution in [2.45, 2.75) is 0 Å². The van der Waals surface area contributed by atoms with Crippen molar-refractivity contribution in [3.8, 4) is 0 Å². The summed E-state index contributed by atoms with van der Waals surface area (Å²) in [4.78, 5) is 8.06. The first kappa shape index (κ1) is 10.6. The quantitative estimate of drug-likeness (QED) is 0.508. The van der Waals surface area contributed by atoms with Gasteiger partial charge in [0.15, 0.2) is 0 Å². The fourth-order valence-electron chi connectivity index (χ4n) is 0.895. The van der Waals surface area contributed by atoms with Gasteiger partial charge >= 0.3 is 34.7 Å². The molecule has 2 aromatic rings. The molecule has 0 amide bonds. The monoisotopic (exact) mass is 514 g/mol. The molecule has 2 heterocycles. The molecule has 0 spiro atoms. The number of halogens is 2. The molecule has 0 bridgehead atoms. The first-order valence-electron chi connectivity index (χ1n) is 3.02. The zero-order chi connectivity index (χ0) is 8.97. The second kappa shape index (κ2) is 5.31. The third kappa shape index (κ3) is 2.27. The molecule has 2 aromatic heterocycles. The van der Waals surface area contributed by atoms with Crippen molar-refractivity contribution in [3.63, 3.8) is 0 Å². The van der Waals surface area contributed by atoms with Gasteiger partial charge in [-0.3, -0.25) is 4.98 Å². The van der Waals surface area contributed by atoms with Gasteiger partial charge in [0.05, 0.1) is 0 Å². The third-order valence-electron chi connectivity index (χ3n) is 1.37. The average molecular weight is 513 g/mol. The molecule has 5 heteroatoms. The van der Waals surface area contributed by atoms with Crippen molar-refractivity contribution in [3.05, 3.63) is 29.1 Å². The summed E-state index contributed by atoms with van der Waals surface area (Å²) in [7, 11) is 0. The zero-order valence-electron chi connectivity index (χ0n) is 5.81. The first-order valence-corrected chi connectivity index (χ1v) is 11.0. The number of hydrogen-bond donors (Lipinski definition) is 0. The minimum absolute atomic E-state index is 0.939. The van der Waals surface area contributed by atoms with Crippen LogP contribution in [0.3, 0.4) is 0 Å². The molecule has 12 heavy (non-hydrogen) atoms. The molecular formula is C7H4BrIN2Os-. The second-order valence-corrected chi connectivity index (χ2v) is 2.85. The van der Waals surface area contributed by atoms with Crippen LogP contribution < -0.4 is 4.98 Å². The normalized spacial score (nSPS) is 9.25. The van der Waals surface area contributed by atoms with E-state index in [0.29, 0.717) is 0 Å². The number of aromatic nitrogens is 2. The Labute approximate surface area is 99.7 Å². The van der Waals surface area contributed by atoms with Crippen molar-refractivity contribution in [2.24, 2.45) is 0 Å². The Morgan fingerprint density at radius 2 is 2.17 bits per heavy atom. The minimum atomic E-state index is 0.939. The molecule has 0 saturated heterocycles. The molecule has 0 saturated carbocycles. The zero-order valence-corrected chi connectivity index (χ0v) is 12.1. The van der Waals surface area contributed by atoms with Gasteiger partial charge in [0.1, 0.15) is 0 Å². The number of pyridine rings is 1. The van der Waals surface area contributed by atoms with E-state index >= 15 is 0 Å². The molecule has 2 nitrogen and oxygen atoms in total. The van der Waals surface area contributed by atoms with Gasteiger partial charge in [-0.1, -0.05) is 6.07 Å². The van der Waals surface area contributed by atoms with Crippen LogP contribution in [0.2, 0.25) is 0 Å². The van der Waals surface area contributed by atoms with Crippen LogP contribution in [-0.4, -0.2) is 4.98 Å². The summed E-state index contributed by atoms with van der Waals surface area (Å²) in [5.41, 5.74) is 0.939. The predicted octanol–water partition coefficient (Wildman–Crippen LogP) is 2.84. The van der Waals surface area contributed by atoms with Crippen LogP contribution in [-0.2, 0) is 15.1 Å². The van der Waals surface area contributed by atoms with E-state index in [1.165, 1.54) is 0 Å². The molecule has 2 rings (SSSR count). The molecule has 0 aromatic carbocycles. The first-order chi connectivity index (χ1) is 5.88. The summed E-state index contributed by atoms with van der Waals surface area (Å²) in [6.07, 6.45) is 5.29. The van der Waals surface area contributed by atoms with Crippen LogP contribution in [0.15, 0.2) is 29.1 Å². The van der Waals surface area contributed by atoms with Gasteiger partial charge in [0.2, 0.25) is 0 Å². The molecule has 0 atom stereocenters. The van der Waals surface area contributed by atoms with Gasteiger partial charge in [-0.25, -0.2) is 0 Å². The van der Waals surface area contributed by atoms with Crippen LogP contribution in [0.5, 0.6) is 0 Å². The molecule has 0 aliphatic heterocycles. The number of rotatable bonds is 0. The number of fused-ring (bicyclic) bond motifs is 1. The van der Waals surface area contributed by atoms with Crippen molar-refractivity contribution < 1.29 is 15.1 Å². The van der Waals surface area contributed by atoms with E-state index < -0.39 is 0 Å². The summed E-state index contributed by atoms with van der Waals surface area (Å²) in [5, 5.41) is 1.12. The summed E-state index contributed by atoms with van der Waals surface area (Å²) in [6.45, 7) is 0. The van der Waals surface area contributed by atoms with Crippen LogP contribution in [0.1, 0.15) is 0 Å². The van der Waals surface area contributed by atoms with E-state index in [2.05, 4.69) is 45.6 Å². The van der Waals surface area contributed by atoms with Gasteiger partial charge < -0.3 is 4.98 Å². The molecule has 0 aliphatic carbocycles. The Morgan fingerprint density at radius 3 is 2.83 bits per heavy atom. The molecule has 0 fully saturated rings. The summed E-state index contributed by atoms with van der Waals surface area (Å²) in [5.74, 6) is 0. The summed E-state index contributed by atoms with van der Waals surface area (Å²) < 4.78 is 1.00. The fraction of sp³-hybridized carbons (Fsp3) is 0. The molecule has 0 radical (unpaired) electrons. The van der Waals surface area contributed by atoms with Crippen LogP contribution in [0, 0.1) is 0 Å². The molecule has 0 aliphatic rings. The van der Waals surface area contributed by atoms with Crippen molar-refractivity contribution in [1.82, 2.24) is 9.97 Å². The maximum absolute atomic E-state index is 4.09. The Balaban J connectivity index is 0.000000336. The van der Waals surface area contributed by atoms with E-state index in [0.717, 1.165) is 15.4 Å². The van der Waals surface area contributed by atoms with E-state index in [1.54, 1.807) is 18.6 Å². The van der Waals surface area contributed by atoms with E-state index in [-0.39, 0.29) is 0 Å². The Hall–Kier alpha value is 0.536. The van der Waals surface area contributed by atoms with Crippen LogP contribution >= 0.6 is 35.6 Å². The van der Waals surface area contributed by atoms with Gasteiger partial charge in [-0.05, 0) is 21.3 Å². The number of nitrogens with zero attached hydrogens (tertiary/aromatic N) is 2. The van der Waals surface area contributed by atoms with Gasteiger partial charge in [0, 0.05) is 16.9 Å². The topological polar surface area (TPSA) is 27.0 Å². The average Bonchev–Trinajstić information content (AvgIpc) is 2.57. The Kier molecular flexibility index (Phi) is 4.69. The van der Waals surface area contributed by atoms with Crippen LogP contribution in [0.4, 0.5) is 0 Å². The van der Waals surface area contributed by atoms with Gasteiger partial charge in [-0.15, -0.1) is 5.52 Å². The standard InChI is InChI=1S/C7H4BrN2.HI.Os/c8-6-3-9-4-7-5(6)1-2-10-7;;/h1-4H;1H;/q-1;;+1/p-1. The Bertz CT molecular complexity index is 363. The van der Waals surface area contributed by atoms with Crippen molar-refractivity contribution in [1.29, 1.82) is 0 Å². The van der Waals surface area contributed by atoms with Gasteiger partial charge in [-0.2, -0.15) is 6.20 Å². The van der Waals surface area contributed by atoms with Gasteiger partial charge in [0.25, 0.3) is 0 Å². The molecule has 65 valence electrons. The third-order valence-corrected chi connectivity index (χ3v) is 2.00. The van der Waals surface area contributed by atoms with E-state index in [4.69, 9.17) is 0 Å². The fourth-order valence-corrected chi connectivity index (χ4v) is 1.35. The molecular weight excluding hydrogens is 509 g/mol. The Morgan fingerprint density at radius 1 is 1.42 bits per heavy atom. The maximum atomic E-state index is 4.09. The van der Waals surface area contributed by atoms with Crippen LogP contribution in [0.25, 0.3) is 10.9 Å². The van der Waals surface area contributed by atoms with Crippen molar-refractivity contribution >= 4 is 46.5 Å². The molecule has 0 N–H and O–H groups in total. The summed E-state index contributed by atoms with van der Waals surface area (Å²) in [6, 6.07) is 1.96. The SMILES string of the molecule is Brc1cncc2[n-]ccc12.[I][Os]. The second-order valence-electron chi connectivity index (χ2n) is 2.00. The predicted molar refractivity (Wildman–Crippen MR) is 56.8 cm³/mol.